The van der Waals surface area contributed by atoms with Crippen molar-refractivity contribution in [2.45, 2.75) is 13.8 Å². The van der Waals surface area contributed by atoms with Gasteiger partial charge < -0.3 is 9.47 Å². The molecule has 144 valence electrons. The number of carbonyl (C=O) groups excluding carboxylic acids is 1. The van der Waals surface area contributed by atoms with Crippen LogP contribution in [0.25, 0.3) is 11.6 Å². The molecule has 3 aromatic rings. The molecule has 0 bridgehead atoms. The maximum Gasteiger partial charge on any atom is 0.349 e. The molecule has 3 rings (SSSR count). The van der Waals surface area contributed by atoms with Crippen LogP contribution >= 0.6 is 0 Å². The zero-order chi connectivity index (χ0) is 20.6. The molecule has 0 atom stereocenters. The quantitative estimate of drug-likeness (QED) is 0.249. The highest BCUT2D eigenvalue weighted by molar-refractivity contribution is 5.89. The number of allylic oxidation sites excluding steroid dienone is 1. The number of nitrogens with zero attached hydrogens (tertiary/aromatic N) is 1. The molecule has 0 heterocycles. The Hall–Kier alpha value is -3.84. The molecule has 0 N–H and O–H groups in total. The molecular formula is C25H21NO3. The van der Waals surface area contributed by atoms with Crippen LogP contribution in [0, 0.1) is 25.2 Å². The first-order chi connectivity index (χ1) is 14.1. The van der Waals surface area contributed by atoms with Crippen LogP contribution in [0.3, 0.4) is 0 Å². The Bertz CT molecular complexity index is 1040. The Morgan fingerprint density at radius 2 is 1.59 bits per heavy atom. The average Bonchev–Trinajstić information content (AvgIpc) is 2.73. The molecule has 0 aliphatic rings. The van der Waals surface area contributed by atoms with E-state index in [1.807, 2.05) is 62.4 Å². The summed E-state index contributed by atoms with van der Waals surface area (Å²) in [5.41, 5.74) is 4.21. The van der Waals surface area contributed by atoms with Crippen LogP contribution in [0.2, 0.25) is 0 Å². The zero-order valence-electron chi connectivity index (χ0n) is 16.4. The summed E-state index contributed by atoms with van der Waals surface area (Å²) in [6.07, 6.45) is 1.80. The summed E-state index contributed by atoms with van der Waals surface area (Å²) < 4.78 is 11.0. The van der Waals surface area contributed by atoms with Crippen molar-refractivity contribution >= 4 is 17.6 Å². The first kappa shape index (κ1) is 19.9. The van der Waals surface area contributed by atoms with Gasteiger partial charge >= 0.3 is 5.97 Å². The number of benzene rings is 3. The lowest BCUT2D eigenvalue weighted by Crippen LogP contribution is -2.18. The largest absolute Gasteiger partial charge is 0.481 e. The summed E-state index contributed by atoms with van der Waals surface area (Å²) in [5.74, 6) is 0.656. The van der Waals surface area contributed by atoms with E-state index in [2.05, 4.69) is 6.07 Å². The van der Waals surface area contributed by atoms with Gasteiger partial charge in [-0.1, -0.05) is 60.7 Å². The fourth-order valence-electron chi connectivity index (χ4n) is 2.92. The van der Waals surface area contributed by atoms with Crippen LogP contribution in [0.5, 0.6) is 11.5 Å². The summed E-state index contributed by atoms with van der Waals surface area (Å²) >= 11 is 0. The van der Waals surface area contributed by atoms with Crippen molar-refractivity contribution in [3.05, 3.63) is 95.1 Å². The summed E-state index contributed by atoms with van der Waals surface area (Å²) in [6.45, 7) is 3.70. The molecule has 29 heavy (non-hydrogen) atoms. The van der Waals surface area contributed by atoms with Gasteiger partial charge in [-0.3, -0.25) is 0 Å². The Morgan fingerprint density at radius 3 is 2.21 bits per heavy atom. The molecular weight excluding hydrogens is 362 g/mol. The third kappa shape index (κ3) is 5.33. The van der Waals surface area contributed by atoms with Crippen LogP contribution in [-0.4, -0.2) is 12.6 Å². The van der Waals surface area contributed by atoms with Gasteiger partial charge in [0.25, 0.3) is 0 Å². The van der Waals surface area contributed by atoms with Crippen molar-refractivity contribution in [3.8, 4) is 17.6 Å². The van der Waals surface area contributed by atoms with E-state index in [1.165, 1.54) is 0 Å². The van der Waals surface area contributed by atoms with E-state index < -0.39 is 5.97 Å². The Labute approximate surface area is 170 Å². The van der Waals surface area contributed by atoms with Gasteiger partial charge in [-0.2, -0.15) is 5.26 Å². The summed E-state index contributed by atoms with van der Waals surface area (Å²) in [5, 5.41) is 9.40. The smallest absolute Gasteiger partial charge is 0.349 e. The number of hydrogen-bond acceptors (Lipinski definition) is 4. The lowest BCUT2D eigenvalue weighted by Gasteiger charge is -2.11. The predicted molar refractivity (Wildman–Crippen MR) is 113 cm³/mol. The van der Waals surface area contributed by atoms with Gasteiger partial charge in [-0.15, -0.1) is 0 Å². The topological polar surface area (TPSA) is 59.3 Å². The maximum absolute atomic E-state index is 12.1. The highest BCUT2D eigenvalue weighted by Gasteiger charge is 2.09. The molecule has 0 saturated carbocycles. The molecule has 0 saturated heterocycles. The van der Waals surface area contributed by atoms with Crippen LogP contribution < -0.4 is 9.47 Å². The molecule has 3 aromatic carbocycles. The normalized spacial score (nSPS) is 10.9. The fourth-order valence-corrected chi connectivity index (χ4v) is 2.92. The standard InChI is InChI=1S/C25H21NO3/c1-18-7-6-8-19(2)25(18)28-17-24(27)29-23-13-11-20(12-14-23)15-22(16-26)21-9-4-3-5-10-21/h3-15H,17H2,1-2H3/b22-15-. The van der Waals surface area contributed by atoms with E-state index in [-0.39, 0.29) is 6.61 Å². The lowest BCUT2D eigenvalue weighted by atomic mass is 10.0. The van der Waals surface area contributed by atoms with E-state index >= 15 is 0 Å². The monoisotopic (exact) mass is 383 g/mol. The van der Waals surface area contributed by atoms with Gasteiger partial charge in [0.15, 0.2) is 6.61 Å². The van der Waals surface area contributed by atoms with Gasteiger partial charge in [-0.25, -0.2) is 4.79 Å². The van der Waals surface area contributed by atoms with E-state index in [4.69, 9.17) is 9.47 Å². The first-order valence-electron chi connectivity index (χ1n) is 9.24. The second-order valence-corrected chi connectivity index (χ2v) is 6.59. The van der Waals surface area contributed by atoms with Crippen molar-refractivity contribution in [3.63, 3.8) is 0 Å². The van der Waals surface area contributed by atoms with Crippen LogP contribution in [0.1, 0.15) is 22.3 Å². The van der Waals surface area contributed by atoms with E-state index in [0.717, 1.165) is 22.3 Å². The number of nitriles is 1. The van der Waals surface area contributed by atoms with E-state index in [0.29, 0.717) is 17.1 Å². The molecule has 0 unspecified atom stereocenters. The SMILES string of the molecule is Cc1cccc(C)c1OCC(=O)Oc1ccc(/C=C(/C#N)c2ccccc2)cc1. The van der Waals surface area contributed by atoms with Crippen molar-refractivity contribution in [1.82, 2.24) is 0 Å². The van der Waals surface area contributed by atoms with Gasteiger partial charge in [-0.05, 0) is 54.3 Å². The molecule has 0 aliphatic carbocycles. The lowest BCUT2D eigenvalue weighted by molar-refractivity contribution is -0.136. The third-order valence-electron chi connectivity index (χ3n) is 4.37. The van der Waals surface area contributed by atoms with Crippen molar-refractivity contribution < 1.29 is 14.3 Å². The zero-order valence-corrected chi connectivity index (χ0v) is 16.4. The number of para-hydroxylation sites is 1. The number of carbonyl (C=O) groups is 1. The summed E-state index contributed by atoms with van der Waals surface area (Å²) in [7, 11) is 0. The second kappa shape index (κ2) is 9.38. The minimum Gasteiger partial charge on any atom is -0.481 e. The highest BCUT2D eigenvalue weighted by atomic mass is 16.6. The molecule has 0 aromatic heterocycles. The minimum atomic E-state index is -0.474. The average molecular weight is 383 g/mol. The van der Waals surface area contributed by atoms with Gasteiger partial charge in [0, 0.05) is 0 Å². The second-order valence-electron chi connectivity index (χ2n) is 6.59. The fraction of sp³-hybridized carbons (Fsp3) is 0.120. The molecule has 4 nitrogen and oxygen atoms in total. The van der Waals surface area contributed by atoms with Crippen LogP contribution in [0.15, 0.2) is 72.8 Å². The Balaban J connectivity index is 1.62. The van der Waals surface area contributed by atoms with Gasteiger partial charge in [0.2, 0.25) is 0 Å². The molecule has 0 fully saturated rings. The molecule has 0 amide bonds. The van der Waals surface area contributed by atoms with Crippen molar-refractivity contribution in [2.75, 3.05) is 6.61 Å². The predicted octanol–water partition coefficient (Wildman–Crippen LogP) is 5.35. The van der Waals surface area contributed by atoms with Crippen LogP contribution in [0.4, 0.5) is 0 Å². The third-order valence-corrected chi connectivity index (χ3v) is 4.37. The number of ether oxygens (including phenoxy) is 2. The van der Waals surface area contributed by atoms with E-state index in [9.17, 15) is 10.1 Å². The Morgan fingerprint density at radius 1 is 0.931 bits per heavy atom. The summed E-state index contributed by atoms with van der Waals surface area (Å²) in [4.78, 5) is 12.1. The first-order valence-corrected chi connectivity index (χ1v) is 9.24. The van der Waals surface area contributed by atoms with E-state index in [1.54, 1.807) is 30.3 Å². The van der Waals surface area contributed by atoms with Crippen molar-refractivity contribution in [2.24, 2.45) is 0 Å². The van der Waals surface area contributed by atoms with Crippen LogP contribution in [-0.2, 0) is 4.79 Å². The maximum atomic E-state index is 12.1. The number of hydrogen-bond donors (Lipinski definition) is 0. The highest BCUT2D eigenvalue weighted by Crippen LogP contribution is 2.23. The molecule has 0 spiro atoms. The number of esters is 1. The molecule has 0 radical (unpaired) electrons. The number of aryl methyl sites for hydroxylation is 2. The molecule has 0 aliphatic heterocycles. The summed E-state index contributed by atoms with van der Waals surface area (Å²) in [6, 6.07) is 24.5. The Kier molecular flexibility index (Phi) is 6.44. The van der Waals surface area contributed by atoms with Gasteiger partial charge in [0.1, 0.15) is 11.5 Å². The van der Waals surface area contributed by atoms with Crippen molar-refractivity contribution in [1.29, 1.82) is 5.26 Å². The molecule has 4 heteroatoms. The van der Waals surface area contributed by atoms with Gasteiger partial charge in [0.05, 0.1) is 11.6 Å². The minimum absolute atomic E-state index is 0.167. The number of rotatable bonds is 6.